The molecule has 2 rings (SSSR count). The molecule has 1 fully saturated rings. The van der Waals surface area contributed by atoms with E-state index in [1.807, 2.05) is 0 Å². The third-order valence-corrected chi connectivity index (χ3v) is 6.39. The number of amides is 1. The number of rotatable bonds is 5. The van der Waals surface area contributed by atoms with Gasteiger partial charge in [0.2, 0.25) is 5.91 Å². The third kappa shape index (κ3) is 3.87. The van der Waals surface area contributed by atoms with Crippen molar-refractivity contribution in [3.8, 4) is 0 Å². The number of nitrogens with two attached hydrogens (primary N) is 1. The zero-order chi connectivity index (χ0) is 16.4. The topological polar surface area (TPSA) is 89.3 Å². The van der Waals surface area contributed by atoms with Crippen LogP contribution in [0.4, 0.5) is 5.69 Å². The van der Waals surface area contributed by atoms with E-state index in [9.17, 15) is 13.2 Å². The highest BCUT2D eigenvalue weighted by atomic mass is 32.2. The van der Waals surface area contributed by atoms with Crippen molar-refractivity contribution < 1.29 is 13.2 Å². The fourth-order valence-corrected chi connectivity index (χ4v) is 3.60. The highest BCUT2D eigenvalue weighted by molar-refractivity contribution is 7.91. The zero-order valence-electron chi connectivity index (χ0n) is 13.1. The van der Waals surface area contributed by atoms with E-state index in [4.69, 9.17) is 5.73 Å². The molecule has 0 unspecified atom stereocenters. The molecule has 5 nitrogen and oxygen atoms in total. The van der Waals surface area contributed by atoms with Gasteiger partial charge >= 0.3 is 0 Å². The summed E-state index contributed by atoms with van der Waals surface area (Å²) < 4.78 is 24.0. The van der Waals surface area contributed by atoms with Gasteiger partial charge in [-0.05, 0) is 44.4 Å². The van der Waals surface area contributed by atoms with E-state index in [-0.39, 0.29) is 11.7 Å². The van der Waals surface area contributed by atoms with Crippen molar-refractivity contribution in [3.63, 3.8) is 0 Å². The van der Waals surface area contributed by atoms with E-state index in [0.717, 1.165) is 12.8 Å². The van der Waals surface area contributed by atoms with Crippen LogP contribution >= 0.6 is 0 Å². The Balaban J connectivity index is 2.10. The summed E-state index contributed by atoms with van der Waals surface area (Å²) in [7, 11) is -3.16. The fourth-order valence-electron chi connectivity index (χ4n) is 2.63. The number of carbonyl (C=O) groups excluding carboxylic acids is 1. The van der Waals surface area contributed by atoms with Gasteiger partial charge in [-0.2, -0.15) is 0 Å². The highest BCUT2D eigenvalue weighted by Crippen LogP contribution is 2.28. The first kappa shape index (κ1) is 17.0. The first-order chi connectivity index (χ1) is 10.2. The Kier molecular flexibility index (Phi) is 4.92. The van der Waals surface area contributed by atoms with Crippen molar-refractivity contribution >= 4 is 21.4 Å². The Morgan fingerprint density at radius 2 is 1.95 bits per heavy atom. The maximum Gasteiger partial charge on any atom is 0.244 e. The quantitative estimate of drug-likeness (QED) is 0.869. The lowest BCUT2D eigenvalue weighted by atomic mass is 9.98. The van der Waals surface area contributed by atoms with Crippen molar-refractivity contribution in [1.82, 2.24) is 0 Å². The molecular weight excluding hydrogens is 300 g/mol. The van der Waals surface area contributed by atoms with Crippen molar-refractivity contribution in [2.45, 2.75) is 56.1 Å². The molecule has 122 valence electrons. The van der Waals surface area contributed by atoms with Crippen LogP contribution in [-0.2, 0) is 20.4 Å². The molecule has 1 aromatic rings. The predicted molar refractivity (Wildman–Crippen MR) is 88.2 cm³/mol. The van der Waals surface area contributed by atoms with Gasteiger partial charge in [0.15, 0.2) is 9.84 Å². The lowest BCUT2D eigenvalue weighted by Gasteiger charge is -2.22. The summed E-state index contributed by atoms with van der Waals surface area (Å²) in [5.41, 5.74) is 6.60. The summed E-state index contributed by atoms with van der Waals surface area (Å²) in [5.74, 6) is -0.212. The molecular formula is C16H24N2O3S. The van der Waals surface area contributed by atoms with E-state index in [1.54, 1.807) is 38.1 Å². The predicted octanol–water partition coefficient (Wildman–Crippen LogP) is 2.22. The standard InChI is InChI=1S/C16H24N2O3S/c1-12(2)22(20,21)11-13-6-5-7-14(10-13)18-15(19)16(17)8-3-4-9-16/h5-7,10,12H,3-4,8-9,11,17H2,1-2H3,(H,18,19). The van der Waals surface area contributed by atoms with Gasteiger partial charge in [0, 0.05) is 5.69 Å². The number of benzene rings is 1. The Hall–Kier alpha value is -1.40. The van der Waals surface area contributed by atoms with Crippen LogP contribution in [0, 0.1) is 0 Å². The van der Waals surface area contributed by atoms with Gasteiger partial charge in [0.05, 0.1) is 16.5 Å². The molecule has 0 bridgehead atoms. The van der Waals surface area contributed by atoms with Crippen LogP contribution < -0.4 is 11.1 Å². The van der Waals surface area contributed by atoms with Crippen LogP contribution in [0.3, 0.4) is 0 Å². The summed E-state index contributed by atoms with van der Waals surface area (Å²) in [6, 6.07) is 6.96. The number of nitrogens with one attached hydrogen (secondary N) is 1. The molecule has 1 amide bonds. The summed E-state index contributed by atoms with van der Waals surface area (Å²) in [4.78, 5) is 12.3. The molecule has 0 heterocycles. The molecule has 0 aliphatic heterocycles. The minimum Gasteiger partial charge on any atom is -0.324 e. The average Bonchev–Trinajstić information content (AvgIpc) is 2.87. The molecule has 6 heteroatoms. The largest absolute Gasteiger partial charge is 0.324 e. The van der Waals surface area contributed by atoms with Crippen molar-refractivity contribution in [2.24, 2.45) is 5.73 Å². The Bertz CT molecular complexity index is 647. The van der Waals surface area contributed by atoms with Crippen LogP contribution in [0.5, 0.6) is 0 Å². The molecule has 0 spiro atoms. The monoisotopic (exact) mass is 324 g/mol. The lowest BCUT2D eigenvalue weighted by Crippen LogP contribution is -2.48. The first-order valence-corrected chi connectivity index (χ1v) is 9.35. The van der Waals surface area contributed by atoms with Crippen LogP contribution in [0.15, 0.2) is 24.3 Å². The van der Waals surface area contributed by atoms with E-state index < -0.39 is 20.6 Å². The van der Waals surface area contributed by atoms with Gasteiger partial charge in [-0.15, -0.1) is 0 Å². The van der Waals surface area contributed by atoms with E-state index in [2.05, 4.69) is 5.32 Å². The molecule has 0 atom stereocenters. The number of sulfone groups is 1. The Morgan fingerprint density at radius 1 is 1.32 bits per heavy atom. The van der Waals surface area contributed by atoms with Gasteiger partial charge in [-0.25, -0.2) is 8.42 Å². The second-order valence-corrected chi connectivity index (χ2v) is 8.93. The fraction of sp³-hybridized carbons (Fsp3) is 0.562. The molecule has 0 saturated heterocycles. The van der Waals surface area contributed by atoms with Crippen molar-refractivity contribution in [1.29, 1.82) is 0 Å². The first-order valence-electron chi connectivity index (χ1n) is 7.64. The molecule has 22 heavy (non-hydrogen) atoms. The second-order valence-electron chi connectivity index (χ2n) is 6.37. The van der Waals surface area contributed by atoms with Gasteiger partial charge in [-0.3, -0.25) is 4.79 Å². The Morgan fingerprint density at radius 3 is 2.55 bits per heavy atom. The minimum atomic E-state index is -3.16. The zero-order valence-corrected chi connectivity index (χ0v) is 13.9. The van der Waals surface area contributed by atoms with Crippen LogP contribution in [0.1, 0.15) is 45.1 Å². The smallest absolute Gasteiger partial charge is 0.244 e. The maximum atomic E-state index is 12.3. The normalized spacial score (nSPS) is 17.6. The number of carbonyl (C=O) groups is 1. The second kappa shape index (κ2) is 6.38. The Labute approximate surface area is 132 Å². The molecule has 1 saturated carbocycles. The minimum absolute atomic E-state index is 0.0256. The van der Waals surface area contributed by atoms with Gasteiger partial charge in [0.25, 0.3) is 0 Å². The summed E-state index contributed by atoms with van der Waals surface area (Å²) >= 11 is 0. The molecule has 1 aromatic carbocycles. The lowest BCUT2D eigenvalue weighted by molar-refractivity contribution is -0.121. The van der Waals surface area contributed by atoms with E-state index in [1.165, 1.54) is 0 Å². The van der Waals surface area contributed by atoms with Gasteiger partial charge < -0.3 is 11.1 Å². The van der Waals surface area contributed by atoms with E-state index >= 15 is 0 Å². The summed E-state index contributed by atoms with van der Waals surface area (Å²) in [6.45, 7) is 3.33. The maximum absolute atomic E-state index is 12.3. The van der Waals surface area contributed by atoms with Crippen LogP contribution in [0.2, 0.25) is 0 Å². The average molecular weight is 324 g/mol. The third-order valence-electron chi connectivity index (χ3n) is 4.22. The van der Waals surface area contributed by atoms with E-state index in [0.29, 0.717) is 24.1 Å². The van der Waals surface area contributed by atoms with Crippen LogP contribution in [0.25, 0.3) is 0 Å². The number of anilines is 1. The van der Waals surface area contributed by atoms with Crippen molar-refractivity contribution in [3.05, 3.63) is 29.8 Å². The highest BCUT2D eigenvalue weighted by Gasteiger charge is 2.36. The van der Waals surface area contributed by atoms with Gasteiger partial charge in [-0.1, -0.05) is 25.0 Å². The SMILES string of the molecule is CC(C)S(=O)(=O)Cc1cccc(NC(=O)C2(N)CCCC2)c1. The molecule has 1 aliphatic rings. The molecule has 3 N–H and O–H groups in total. The molecule has 1 aliphatic carbocycles. The number of hydrogen-bond acceptors (Lipinski definition) is 4. The summed E-state index contributed by atoms with van der Waals surface area (Å²) in [5, 5.41) is 2.40. The summed E-state index contributed by atoms with van der Waals surface area (Å²) in [6.07, 6.45) is 3.33. The molecule has 0 radical (unpaired) electrons. The number of hydrogen-bond donors (Lipinski definition) is 2. The van der Waals surface area contributed by atoms with Crippen molar-refractivity contribution in [2.75, 3.05) is 5.32 Å². The molecule has 0 aromatic heterocycles. The van der Waals surface area contributed by atoms with Crippen LogP contribution in [-0.4, -0.2) is 25.1 Å². The van der Waals surface area contributed by atoms with Gasteiger partial charge in [0.1, 0.15) is 0 Å².